The predicted octanol–water partition coefficient (Wildman–Crippen LogP) is 3.73. The summed E-state index contributed by atoms with van der Waals surface area (Å²) in [4.78, 5) is 4.87. The van der Waals surface area contributed by atoms with Gasteiger partial charge >= 0.3 is 0 Å². The summed E-state index contributed by atoms with van der Waals surface area (Å²) < 4.78 is 28.5. The average Bonchev–Trinajstić information content (AvgIpc) is 3.48. The molecule has 0 bridgehead atoms. The molecule has 4 rings (SSSR count). The molecule has 1 aromatic carbocycles. The van der Waals surface area contributed by atoms with Gasteiger partial charge in [-0.25, -0.2) is 17.7 Å². The lowest BCUT2D eigenvalue weighted by Crippen LogP contribution is -2.25. The second-order valence-corrected chi connectivity index (χ2v) is 11.1. The third-order valence-corrected chi connectivity index (χ3v) is 8.21. The Hall–Kier alpha value is -2.10. The molecule has 7 nitrogen and oxygen atoms in total. The van der Waals surface area contributed by atoms with Gasteiger partial charge in [0, 0.05) is 42.8 Å². The summed E-state index contributed by atoms with van der Waals surface area (Å²) in [5.74, 6) is 0.718. The summed E-state index contributed by atoms with van der Waals surface area (Å²) >= 11 is 1.58. The SMILES string of the molecule is Cc1ccc(S(=O)(=O)N(C)C)cc1N=C1NN=C(c2cc(C)n(C3CC3)c2C)CS1. The number of nitrogens with one attached hydrogen (secondary N) is 1. The van der Waals surface area contributed by atoms with E-state index in [-0.39, 0.29) is 4.90 Å². The molecule has 1 aliphatic heterocycles. The number of hydrazone groups is 1. The lowest BCUT2D eigenvalue weighted by Gasteiger charge is -2.16. The zero-order chi connectivity index (χ0) is 21.6. The first-order valence-corrected chi connectivity index (χ1v) is 12.4. The molecule has 1 fully saturated rings. The van der Waals surface area contributed by atoms with Gasteiger partial charge in [-0.05, 0) is 57.4 Å². The predicted molar refractivity (Wildman–Crippen MR) is 123 cm³/mol. The molecule has 160 valence electrons. The summed E-state index contributed by atoms with van der Waals surface area (Å²) in [5, 5.41) is 5.24. The Balaban J connectivity index is 1.59. The fourth-order valence-electron chi connectivity index (χ4n) is 3.67. The van der Waals surface area contributed by atoms with Crippen molar-refractivity contribution in [2.75, 3.05) is 19.8 Å². The van der Waals surface area contributed by atoms with Crippen LogP contribution in [0.2, 0.25) is 0 Å². The lowest BCUT2D eigenvalue weighted by molar-refractivity contribution is 0.521. The molecule has 2 aromatic rings. The number of amidine groups is 1. The van der Waals surface area contributed by atoms with Gasteiger partial charge in [0.25, 0.3) is 0 Å². The third kappa shape index (κ3) is 3.93. The molecule has 0 amide bonds. The minimum atomic E-state index is -3.50. The van der Waals surface area contributed by atoms with Crippen molar-refractivity contribution in [2.45, 2.75) is 44.6 Å². The Bertz CT molecular complexity index is 1160. The number of hydrogen-bond acceptors (Lipinski definition) is 5. The second-order valence-electron chi connectivity index (χ2n) is 8.00. The molecule has 2 heterocycles. The van der Waals surface area contributed by atoms with Crippen LogP contribution in [0.4, 0.5) is 5.69 Å². The number of rotatable bonds is 5. The second kappa shape index (κ2) is 7.86. The van der Waals surface area contributed by atoms with Crippen LogP contribution in [0.15, 0.2) is 39.3 Å². The maximum absolute atomic E-state index is 12.4. The van der Waals surface area contributed by atoms with Crippen molar-refractivity contribution >= 4 is 38.4 Å². The number of thioether (sulfide) groups is 1. The van der Waals surface area contributed by atoms with Crippen molar-refractivity contribution in [3.63, 3.8) is 0 Å². The van der Waals surface area contributed by atoms with Gasteiger partial charge in [-0.2, -0.15) is 5.10 Å². The Morgan fingerprint density at radius 1 is 1.20 bits per heavy atom. The van der Waals surface area contributed by atoms with E-state index in [1.54, 1.807) is 30.0 Å². The number of aryl methyl sites for hydroxylation is 2. The molecule has 0 radical (unpaired) electrons. The highest BCUT2D eigenvalue weighted by atomic mass is 32.2. The zero-order valence-electron chi connectivity index (χ0n) is 17.9. The highest BCUT2D eigenvalue weighted by Crippen LogP contribution is 2.38. The van der Waals surface area contributed by atoms with Crippen molar-refractivity contribution in [1.29, 1.82) is 0 Å². The maximum atomic E-state index is 12.4. The number of aliphatic imine (C=N–C) groups is 1. The van der Waals surface area contributed by atoms with Crippen molar-refractivity contribution in [3.05, 3.63) is 46.8 Å². The molecule has 1 aliphatic carbocycles. The van der Waals surface area contributed by atoms with E-state index in [1.165, 1.54) is 48.2 Å². The van der Waals surface area contributed by atoms with Crippen molar-refractivity contribution in [1.82, 2.24) is 14.3 Å². The first-order chi connectivity index (χ1) is 14.2. The largest absolute Gasteiger partial charge is 0.345 e. The molecule has 9 heteroatoms. The minimum absolute atomic E-state index is 0.231. The molecular weight excluding hydrogens is 418 g/mol. The monoisotopic (exact) mass is 445 g/mol. The van der Waals surface area contributed by atoms with E-state index in [4.69, 9.17) is 0 Å². The number of benzene rings is 1. The van der Waals surface area contributed by atoms with Gasteiger partial charge in [0.2, 0.25) is 10.0 Å². The van der Waals surface area contributed by atoms with Gasteiger partial charge in [-0.1, -0.05) is 17.8 Å². The molecule has 0 spiro atoms. The van der Waals surface area contributed by atoms with E-state index in [2.05, 4.69) is 40.0 Å². The lowest BCUT2D eigenvalue weighted by atomic mass is 10.1. The van der Waals surface area contributed by atoms with E-state index in [1.807, 2.05) is 6.92 Å². The molecular formula is C21H27N5O2S2. The Morgan fingerprint density at radius 2 is 1.93 bits per heavy atom. The van der Waals surface area contributed by atoms with Crippen LogP contribution in [0, 0.1) is 20.8 Å². The van der Waals surface area contributed by atoms with Gasteiger partial charge in [-0.15, -0.1) is 0 Å². The Labute approximate surface area is 182 Å². The smallest absolute Gasteiger partial charge is 0.242 e. The highest BCUT2D eigenvalue weighted by molar-refractivity contribution is 8.14. The van der Waals surface area contributed by atoms with Crippen LogP contribution in [-0.2, 0) is 10.0 Å². The third-order valence-electron chi connectivity index (χ3n) is 5.52. The summed E-state index contributed by atoms with van der Waals surface area (Å²) in [5.41, 5.74) is 9.35. The first kappa shape index (κ1) is 21.1. The van der Waals surface area contributed by atoms with E-state index >= 15 is 0 Å². The molecule has 0 atom stereocenters. The van der Waals surface area contributed by atoms with Crippen LogP contribution in [-0.4, -0.2) is 48.0 Å². The minimum Gasteiger partial charge on any atom is -0.345 e. The fourth-order valence-corrected chi connectivity index (χ4v) is 5.35. The number of nitrogens with zero attached hydrogens (tertiary/aromatic N) is 4. The molecule has 30 heavy (non-hydrogen) atoms. The molecule has 2 aliphatic rings. The summed E-state index contributed by atoms with van der Waals surface area (Å²) in [6.07, 6.45) is 2.52. The number of aromatic nitrogens is 1. The van der Waals surface area contributed by atoms with Crippen LogP contribution in [0.3, 0.4) is 0 Å². The van der Waals surface area contributed by atoms with E-state index in [9.17, 15) is 8.42 Å². The Morgan fingerprint density at radius 3 is 2.53 bits per heavy atom. The normalized spacial score (nSPS) is 18.6. The van der Waals surface area contributed by atoms with Gasteiger partial charge in [-0.3, -0.25) is 5.43 Å². The first-order valence-electron chi connectivity index (χ1n) is 9.94. The average molecular weight is 446 g/mol. The van der Waals surface area contributed by atoms with Crippen LogP contribution >= 0.6 is 11.8 Å². The van der Waals surface area contributed by atoms with E-state index < -0.39 is 10.0 Å². The van der Waals surface area contributed by atoms with Crippen molar-refractivity contribution < 1.29 is 8.42 Å². The van der Waals surface area contributed by atoms with E-state index in [0.717, 1.165) is 17.0 Å². The quantitative estimate of drug-likeness (QED) is 0.761. The molecule has 1 saturated carbocycles. The summed E-state index contributed by atoms with van der Waals surface area (Å²) in [6, 6.07) is 7.88. The summed E-state index contributed by atoms with van der Waals surface area (Å²) in [7, 11) is -0.456. The van der Waals surface area contributed by atoms with Crippen LogP contribution in [0.1, 0.15) is 41.4 Å². The number of sulfonamides is 1. The van der Waals surface area contributed by atoms with Gasteiger partial charge < -0.3 is 4.57 Å². The highest BCUT2D eigenvalue weighted by Gasteiger charge is 2.28. The molecule has 0 unspecified atom stereocenters. The van der Waals surface area contributed by atoms with E-state index in [0.29, 0.717) is 16.9 Å². The van der Waals surface area contributed by atoms with Crippen LogP contribution < -0.4 is 5.43 Å². The summed E-state index contributed by atoms with van der Waals surface area (Å²) in [6.45, 7) is 6.24. The maximum Gasteiger partial charge on any atom is 0.242 e. The molecule has 1 aromatic heterocycles. The van der Waals surface area contributed by atoms with Gasteiger partial charge in [0.15, 0.2) is 5.17 Å². The molecule has 1 N–H and O–H groups in total. The van der Waals surface area contributed by atoms with Crippen molar-refractivity contribution in [2.24, 2.45) is 10.1 Å². The fraction of sp³-hybridized carbons (Fsp3) is 0.429. The van der Waals surface area contributed by atoms with Crippen LogP contribution in [0.25, 0.3) is 0 Å². The Kier molecular flexibility index (Phi) is 5.54. The zero-order valence-corrected chi connectivity index (χ0v) is 19.6. The standard InChI is InChI=1S/C21H27N5O2S2/c1-13-6-9-17(30(27,28)25(4)5)11-19(13)22-21-24-23-20(12-29-21)18-10-14(2)26(15(18)3)16-7-8-16/h6,9-11,16H,7-8,12H2,1-5H3,(H,22,24). The van der Waals surface area contributed by atoms with Crippen LogP contribution in [0.5, 0.6) is 0 Å². The van der Waals surface area contributed by atoms with Gasteiger partial charge in [0.1, 0.15) is 0 Å². The van der Waals surface area contributed by atoms with Gasteiger partial charge in [0.05, 0.1) is 16.3 Å². The topological polar surface area (TPSA) is 79.1 Å². The number of hydrogen-bond donors (Lipinski definition) is 1. The van der Waals surface area contributed by atoms with Crippen molar-refractivity contribution in [3.8, 4) is 0 Å². The molecule has 0 saturated heterocycles.